The molecule has 1 unspecified atom stereocenters. The zero-order valence-electron chi connectivity index (χ0n) is 15.0. The summed E-state index contributed by atoms with van der Waals surface area (Å²) in [4.78, 5) is 24.2. The van der Waals surface area contributed by atoms with E-state index in [0.717, 1.165) is 5.56 Å². The van der Waals surface area contributed by atoms with Crippen molar-refractivity contribution in [3.05, 3.63) is 52.5 Å². The van der Waals surface area contributed by atoms with Gasteiger partial charge in [0, 0.05) is 12.1 Å². The fraction of sp³-hybridized carbons (Fsp3) is 0.250. The van der Waals surface area contributed by atoms with Gasteiger partial charge in [-0.25, -0.2) is 0 Å². The van der Waals surface area contributed by atoms with Gasteiger partial charge in [0.15, 0.2) is 17.6 Å². The number of ether oxygens (including phenoxy) is 3. The first kappa shape index (κ1) is 19.5. The lowest BCUT2D eigenvalue weighted by atomic mass is 10.1. The Kier molecular flexibility index (Phi) is 6.02. The highest BCUT2D eigenvalue weighted by Gasteiger charge is 2.19. The maximum Gasteiger partial charge on any atom is 0.306 e. The monoisotopic (exact) mass is 400 g/mol. The van der Waals surface area contributed by atoms with Crippen LogP contribution in [0, 0.1) is 11.3 Å². The van der Waals surface area contributed by atoms with Crippen LogP contribution in [0.15, 0.2) is 36.4 Å². The SMILES string of the molecule is CC(OC(=O)CCc1ccc2c(c1)OCO2)C(=O)Nc1ccc(C#N)c(Cl)c1. The molecule has 144 valence electrons. The number of benzene rings is 2. The van der Waals surface area contributed by atoms with E-state index in [9.17, 15) is 9.59 Å². The first-order chi connectivity index (χ1) is 13.5. The number of carbonyl (C=O) groups excluding carboxylic acids is 2. The van der Waals surface area contributed by atoms with Crippen molar-refractivity contribution in [1.82, 2.24) is 0 Å². The third-order valence-corrected chi connectivity index (χ3v) is 4.40. The smallest absolute Gasteiger partial charge is 0.306 e. The summed E-state index contributed by atoms with van der Waals surface area (Å²) in [5.41, 5.74) is 1.63. The number of nitriles is 1. The number of carbonyl (C=O) groups is 2. The number of hydrogen-bond donors (Lipinski definition) is 1. The molecule has 28 heavy (non-hydrogen) atoms. The number of hydrogen-bond acceptors (Lipinski definition) is 6. The van der Waals surface area contributed by atoms with Gasteiger partial charge < -0.3 is 19.5 Å². The highest BCUT2D eigenvalue weighted by molar-refractivity contribution is 6.32. The van der Waals surface area contributed by atoms with Gasteiger partial charge in [0.25, 0.3) is 5.91 Å². The molecular formula is C20H17ClN2O5. The summed E-state index contributed by atoms with van der Waals surface area (Å²) in [5, 5.41) is 11.7. The van der Waals surface area contributed by atoms with Gasteiger partial charge >= 0.3 is 5.97 Å². The van der Waals surface area contributed by atoms with Crippen LogP contribution in [-0.4, -0.2) is 24.8 Å². The van der Waals surface area contributed by atoms with Crippen LogP contribution in [0.2, 0.25) is 5.02 Å². The number of fused-ring (bicyclic) bond motifs is 1. The largest absolute Gasteiger partial charge is 0.454 e. The topological polar surface area (TPSA) is 97.7 Å². The van der Waals surface area contributed by atoms with Gasteiger partial charge in [0.05, 0.1) is 10.6 Å². The van der Waals surface area contributed by atoms with E-state index < -0.39 is 18.0 Å². The maximum atomic E-state index is 12.2. The van der Waals surface area contributed by atoms with Crippen LogP contribution in [-0.2, 0) is 20.7 Å². The Morgan fingerprint density at radius 3 is 2.79 bits per heavy atom. The van der Waals surface area contributed by atoms with Crippen molar-refractivity contribution in [2.75, 3.05) is 12.1 Å². The van der Waals surface area contributed by atoms with Crippen molar-refractivity contribution in [1.29, 1.82) is 5.26 Å². The van der Waals surface area contributed by atoms with Gasteiger partial charge in [0.2, 0.25) is 6.79 Å². The van der Waals surface area contributed by atoms with Gasteiger partial charge in [-0.1, -0.05) is 17.7 Å². The lowest BCUT2D eigenvalue weighted by molar-refractivity contribution is -0.153. The van der Waals surface area contributed by atoms with Crippen LogP contribution < -0.4 is 14.8 Å². The summed E-state index contributed by atoms with van der Waals surface area (Å²) >= 11 is 5.94. The molecule has 0 aliphatic carbocycles. The van der Waals surface area contributed by atoms with Crippen molar-refractivity contribution in [3.63, 3.8) is 0 Å². The zero-order chi connectivity index (χ0) is 20.1. The molecule has 0 fully saturated rings. The Morgan fingerprint density at radius 1 is 1.25 bits per heavy atom. The number of amides is 1. The van der Waals surface area contributed by atoms with Crippen LogP contribution in [0.25, 0.3) is 0 Å². The minimum Gasteiger partial charge on any atom is -0.454 e. The van der Waals surface area contributed by atoms with E-state index in [1.165, 1.54) is 19.1 Å². The molecule has 1 atom stereocenters. The molecule has 0 saturated heterocycles. The third kappa shape index (κ3) is 4.72. The lowest BCUT2D eigenvalue weighted by Gasteiger charge is -2.14. The number of aryl methyl sites for hydroxylation is 1. The fourth-order valence-corrected chi connectivity index (χ4v) is 2.80. The molecule has 8 heteroatoms. The first-order valence-electron chi connectivity index (χ1n) is 8.55. The van der Waals surface area contributed by atoms with Crippen molar-refractivity contribution in [2.24, 2.45) is 0 Å². The van der Waals surface area contributed by atoms with Crippen molar-refractivity contribution < 1.29 is 23.8 Å². The second-order valence-corrected chi connectivity index (χ2v) is 6.52. The highest BCUT2D eigenvalue weighted by Crippen LogP contribution is 2.32. The molecular weight excluding hydrogens is 384 g/mol. The number of anilines is 1. The predicted molar refractivity (Wildman–Crippen MR) is 101 cm³/mol. The minimum atomic E-state index is -0.973. The number of esters is 1. The van der Waals surface area contributed by atoms with Crippen molar-refractivity contribution in [3.8, 4) is 17.6 Å². The van der Waals surface area contributed by atoms with Gasteiger partial charge in [-0.05, 0) is 49.2 Å². The Labute approximate surface area is 166 Å². The molecule has 1 aliphatic rings. The van der Waals surface area contributed by atoms with Crippen LogP contribution in [0.1, 0.15) is 24.5 Å². The van der Waals surface area contributed by atoms with Gasteiger partial charge in [0.1, 0.15) is 6.07 Å². The van der Waals surface area contributed by atoms with Crippen LogP contribution in [0.5, 0.6) is 11.5 Å². The Hall–Kier alpha value is -3.24. The molecule has 0 aromatic heterocycles. The van der Waals surface area contributed by atoms with E-state index in [1.807, 2.05) is 18.2 Å². The molecule has 3 rings (SSSR count). The molecule has 2 aromatic rings. The van der Waals surface area contributed by atoms with Crippen molar-refractivity contribution >= 4 is 29.2 Å². The molecule has 0 spiro atoms. The molecule has 1 N–H and O–H groups in total. The Bertz CT molecular complexity index is 954. The van der Waals surface area contributed by atoms with E-state index in [-0.39, 0.29) is 18.2 Å². The van der Waals surface area contributed by atoms with E-state index >= 15 is 0 Å². The molecule has 0 radical (unpaired) electrons. The van der Waals surface area contributed by atoms with E-state index in [1.54, 1.807) is 12.1 Å². The second kappa shape index (κ2) is 8.63. The lowest BCUT2D eigenvalue weighted by Crippen LogP contribution is -2.30. The van der Waals surface area contributed by atoms with Crippen LogP contribution in [0.4, 0.5) is 5.69 Å². The summed E-state index contributed by atoms with van der Waals surface area (Å²) in [7, 11) is 0. The summed E-state index contributed by atoms with van der Waals surface area (Å²) < 4.78 is 15.7. The average molecular weight is 401 g/mol. The molecule has 2 aromatic carbocycles. The predicted octanol–water partition coefficient (Wildman–Crippen LogP) is 3.44. The number of rotatable bonds is 6. The van der Waals surface area contributed by atoms with Gasteiger partial charge in [-0.3, -0.25) is 9.59 Å². The first-order valence-corrected chi connectivity index (χ1v) is 8.92. The molecule has 0 saturated carbocycles. The van der Waals surface area contributed by atoms with Crippen LogP contribution >= 0.6 is 11.6 Å². The number of nitrogens with zero attached hydrogens (tertiary/aromatic N) is 1. The van der Waals surface area contributed by atoms with Crippen LogP contribution in [0.3, 0.4) is 0 Å². The molecule has 1 heterocycles. The number of halogens is 1. The maximum absolute atomic E-state index is 12.2. The van der Waals surface area contributed by atoms with E-state index in [0.29, 0.717) is 29.2 Å². The quantitative estimate of drug-likeness (QED) is 0.746. The standard InChI is InChI=1S/C20H17ClN2O5/c1-12(20(25)23-15-5-4-14(10-22)16(21)9-15)28-19(24)7-3-13-2-6-17-18(8-13)27-11-26-17/h2,4-6,8-9,12H,3,7,11H2,1H3,(H,23,25). The molecule has 1 amide bonds. The summed E-state index contributed by atoms with van der Waals surface area (Å²) in [5.74, 6) is 0.356. The fourth-order valence-electron chi connectivity index (χ4n) is 2.58. The highest BCUT2D eigenvalue weighted by atomic mass is 35.5. The summed E-state index contributed by atoms with van der Waals surface area (Å²) in [6.07, 6.45) is -0.395. The normalized spacial score (nSPS) is 12.8. The Morgan fingerprint density at radius 2 is 2.04 bits per heavy atom. The molecule has 0 bridgehead atoms. The Balaban J connectivity index is 1.48. The van der Waals surface area contributed by atoms with Gasteiger partial charge in [-0.2, -0.15) is 5.26 Å². The minimum absolute atomic E-state index is 0.125. The van der Waals surface area contributed by atoms with E-state index in [4.69, 9.17) is 31.1 Å². The van der Waals surface area contributed by atoms with Gasteiger partial charge in [-0.15, -0.1) is 0 Å². The zero-order valence-corrected chi connectivity index (χ0v) is 15.8. The summed E-state index contributed by atoms with van der Waals surface area (Å²) in [6, 6.07) is 11.9. The molecule has 7 nitrogen and oxygen atoms in total. The van der Waals surface area contributed by atoms with E-state index in [2.05, 4.69) is 5.32 Å². The average Bonchev–Trinajstić information content (AvgIpc) is 3.14. The molecule has 1 aliphatic heterocycles. The summed E-state index contributed by atoms with van der Waals surface area (Å²) in [6.45, 7) is 1.68. The third-order valence-electron chi connectivity index (χ3n) is 4.09. The second-order valence-electron chi connectivity index (χ2n) is 6.12. The van der Waals surface area contributed by atoms with Crippen molar-refractivity contribution in [2.45, 2.75) is 25.9 Å². The number of nitrogens with one attached hydrogen (secondary N) is 1.